The van der Waals surface area contributed by atoms with E-state index in [4.69, 9.17) is 9.47 Å². The second-order valence-corrected chi connectivity index (χ2v) is 4.18. The second kappa shape index (κ2) is 9.02. The van der Waals surface area contributed by atoms with E-state index in [0.29, 0.717) is 19.3 Å². The molecule has 0 amide bonds. The van der Waals surface area contributed by atoms with Gasteiger partial charge in [0.1, 0.15) is 12.4 Å². The van der Waals surface area contributed by atoms with Crippen molar-refractivity contribution in [3.05, 3.63) is 30.3 Å². The Morgan fingerprint density at radius 2 is 1.88 bits per heavy atom. The van der Waals surface area contributed by atoms with Crippen molar-refractivity contribution < 1.29 is 14.8 Å². The number of quaternary nitrogens is 1. The predicted molar refractivity (Wildman–Crippen MR) is 69.3 cm³/mol. The van der Waals surface area contributed by atoms with Crippen molar-refractivity contribution >= 4 is 0 Å². The lowest BCUT2D eigenvalue weighted by Gasteiger charge is -2.09. The maximum atomic E-state index is 5.52. The SMILES string of the molecule is CC[C@@H](C)[NH2+]CCOCCOc1ccccc1. The zero-order chi connectivity index (χ0) is 12.3. The lowest BCUT2D eigenvalue weighted by atomic mass is 10.3. The number of rotatable bonds is 9. The molecule has 1 rings (SSSR count). The first-order chi connectivity index (χ1) is 8.33. The second-order valence-electron chi connectivity index (χ2n) is 4.18. The zero-order valence-corrected chi connectivity index (χ0v) is 10.9. The van der Waals surface area contributed by atoms with Gasteiger partial charge in [0, 0.05) is 0 Å². The average Bonchev–Trinajstić information content (AvgIpc) is 2.38. The highest BCUT2D eigenvalue weighted by atomic mass is 16.5. The topological polar surface area (TPSA) is 35.1 Å². The van der Waals surface area contributed by atoms with Crippen LogP contribution in [0.2, 0.25) is 0 Å². The molecule has 0 radical (unpaired) electrons. The van der Waals surface area contributed by atoms with Crippen molar-refractivity contribution in [2.45, 2.75) is 26.3 Å². The van der Waals surface area contributed by atoms with Crippen LogP contribution in [0.3, 0.4) is 0 Å². The van der Waals surface area contributed by atoms with E-state index in [1.165, 1.54) is 6.42 Å². The summed E-state index contributed by atoms with van der Waals surface area (Å²) >= 11 is 0. The summed E-state index contributed by atoms with van der Waals surface area (Å²) in [7, 11) is 0. The van der Waals surface area contributed by atoms with Gasteiger partial charge in [-0.2, -0.15) is 0 Å². The fourth-order valence-electron chi connectivity index (χ4n) is 1.44. The number of benzene rings is 1. The summed E-state index contributed by atoms with van der Waals surface area (Å²) in [4.78, 5) is 0. The molecule has 0 spiro atoms. The molecule has 0 unspecified atom stereocenters. The molecule has 0 saturated heterocycles. The first kappa shape index (κ1) is 14.0. The van der Waals surface area contributed by atoms with Crippen LogP contribution < -0.4 is 10.1 Å². The van der Waals surface area contributed by atoms with Crippen molar-refractivity contribution in [1.82, 2.24) is 0 Å². The highest BCUT2D eigenvalue weighted by Gasteiger charge is 1.99. The van der Waals surface area contributed by atoms with Gasteiger partial charge in [-0.05, 0) is 25.5 Å². The van der Waals surface area contributed by atoms with Crippen LogP contribution in [0.1, 0.15) is 20.3 Å². The van der Waals surface area contributed by atoms with Crippen LogP contribution in [0.25, 0.3) is 0 Å². The monoisotopic (exact) mass is 238 g/mol. The largest absolute Gasteiger partial charge is 0.491 e. The molecule has 2 N–H and O–H groups in total. The van der Waals surface area contributed by atoms with Crippen LogP contribution in [0.4, 0.5) is 0 Å². The van der Waals surface area contributed by atoms with E-state index in [-0.39, 0.29) is 0 Å². The molecule has 1 aromatic rings. The molecular formula is C14H24NO2+. The van der Waals surface area contributed by atoms with Crippen molar-refractivity contribution in [2.24, 2.45) is 0 Å². The quantitative estimate of drug-likeness (QED) is 0.661. The van der Waals surface area contributed by atoms with E-state index in [1.54, 1.807) is 0 Å². The Labute approximate surface area is 104 Å². The van der Waals surface area contributed by atoms with Gasteiger partial charge >= 0.3 is 0 Å². The number of para-hydroxylation sites is 1. The van der Waals surface area contributed by atoms with Gasteiger partial charge in [0.25, 0.3) is 0 Å². The Morgan fingerprint density at radius 1 is 1.12 bits per heavy atom. The minimum absolute atomic E-state index is 0.618. The fraction of sp³-hybridized carbons (Fsp3) is 0.571. The summed E-state index contributed by atoms with van der Waals surface area (Å²) in [5.74, 6) is 0.905. The number of hydrogen-bond donors (Lipinski definition) is 1. The van der Waals surface area contributed by atoms with Crippen molar-refractivity contribution in [2.75, 3.05) is 26.4 Å². The van der Waals surface area contributed by atoms with Crippen LogP contribution in [0.5, 0.6) is 5.75 Å². The third-order valence-corrected chi connectivity index (χ3v) is 2.71. The molecule has 3 heteroatoms. The molecular weight excluding hydrogens is 214 g/mol. The summed E-state index contributed by atoms with van der Waals surface area (Å²) < 4.78 is 11.0. The Morgan fingerprint density at radius 3 is 2.59 bits per heavy atom. The fourth-order valence-corrected chi connectivity index (χ4v) is 1.44. The van der Waals surface area contributed by atoms with Gasteiger partial charge < -0.3 is 14.8 Å². The molecule has 0 aromatic heterocycles. The molecule has 0 fully saturated rings. The van der Waals surface area contributed by atoms with Gasteiger partial charge in [-0.15, -0.1) is 0 Å². The molecule has 3 nitrogen and oxygen atoms in total. The summed E-state index contributed by atoms with van der Waals surface area (Å²) in [6.45, 7) is 7.54. The molecule has 96 valence electrons. The van der Waals surface area contributed by atoms with Gasteiger partial charge in [0.2, 0.25) is 0 Å². The third-order valence-electron chi connectivity index (χ3n) is 2.71. The van der Waals surface area contributed by atoms with Crippen molar-refractivity contribution in [1.29, 1.82) is 0 Å². The van der Waals surface area contributed by atoms with Gasteiger partial charge in [0.05, 0.1) is 25.8 Å². The molecule has 0 aliphatic heterocycles. The lowest BCUT2D eigenvalue weighted by Crippen LogP contribution is -2.90. The van der Waals surface area contributed by atoms with Crippen molar-refractivity contribution in [3.63, 3.8) is 0 Å². The van der Waals surface area contributed by atoms with E-state index in [9.17, 15) is 0 Å². The van der Waals surface area contributed by atoms with E-state index in [1.807, 2.05) is 30.3 Å². The number of ether oxygens (including phenoxy) is 2. The summed E-state index contributed by atoms with van der Waals surface area (Å²) in [5.41, 5.74) is 0. The summed E-state index contributed by atoms with van der Waals surface area (Å²) in [6.07, 6.45) is 1.21. The van der Waals surface area contributed by atoms with Gasteiger partial charge in [-0.1, -0.05) is 25.1 Å². The van der Waals surface area contributed by atoms with Crippen LogP contribution in [0.15, 0.2) is 30.3 Å². The number of nitrogens with two attached hydrogens (primary N) is 1. The molecule has 1 atom stereocenters. The number of hydrogen-bond acceptors (Lipinski definition) is 2. The van der Waals surface area contributed by atoms with E-state index < -0.39 is 0 Å². The normalized spacial score (nSPS) is 12.4. The van der Waals surface area contributed by atoms with Crippen LogP contribution in [0, 0.1) is 0 Å². The van der Waals surface area contributed by atoms with E-state index in [0.717, 1.165) is 18.9 Å². The maximum Gasteiger partial charge on any atom is 0.119 e. The highest BCUT2D eigenvalue weighted by molar-refractivity contribution is 5.20. The van der Waals surface area contributed by atoms with Crippen LogP contribution in [-0.2, 0) is 4.74 Å². The first-order valence-electron chi connectivity index (χ1n) is 6.42. The molecule has 1 aromatic carbocycles. The minimum Gasteiger partial charge on any atom is -0.491 e. The summed E-state index contributed by atoms with van der Waals surface area (Å²) in [6, 6.07) is 10.5. The van der Waals surface area contributed by atoms with Gasteiger partial charge in [0.15, 0.2) is 0 Å². The zero-order valence-electron chi connectivity index (χ0n) is 10.9. The highest BCUT2D eigenvalue weighted by Crippen LogP contribution is 2.07. The predicted octanol–water partition coefficient (Wildman–Crippen LogP) is 1.44. The third kappa shape index (κ3) is 6.97. The Balaban J connectivity index is 1.91. The van der Waals surface area contributed by atoms with Gasteiger partial charge in [-0.25, -0.2) is 0 Å². The minimum atomic E-state index is 0.618. The van der Waals surface area contributed by atoms with Crippen LogP contribution in [-0.4, -0.2) is 32.4 Å². The first-order valence-corrected chi connectivity index (χ1v) is 6.42. The molecule has 17 heavy (non-hydrogen) atoms. The Kier molecular flexibility index (Phi) is 7.43. The molecule has 0 saturated carbocycles. The lowest BCUT2D eigenvalue weighted by molar-refractivity contribution is -0.687. The smallest absolute Gasteiger partial charge is 0.119 e. The molecule has 0 aliphatic carbocycles. The Bertz CT molecular complexity index is 277. The summed E-state index contributed by atoms with van der Waals surface area (Å²) in [5, 5.41) is 2.32. The van der Waals surface area contributed by atoms with Gasteiger partial charge in [-0.3, -0.25) is 0 Å². The molecule has 0 aliphatic rings. The molecule has 0 heterocycles. The average molecular weight is 238 g/mol. The van der Waals surface area contributed by atoms with Crippen molar-refractivity contribution in [3.8, 4) is 5.75 Å². The molecule has 0 bridgehead atoms. The van der Waals surface area contributed by atoms with Crippen LogP contribution >= 0.6 is 0 Å². The maximum absolute atomic E-state index is 5.52. The van der Waals surface area contributed by atoms with E-state index in [2.05, 4.69) is 19.2 Å². The standard InChI is InChI=1S/C14H23NO2/c1-3-13(2)15-9-10-16-11-12-17-14-7-5-4-6-8-14/h4-8,13,15H,3,9-12H2,1-2H3/p+1/t13-/m1/s1. The Hall–Kier alpha value is -1.06. The van der Waals surface area contributed by atoms with E-state index >= 15 is 0 Å².